The van der Waals surface area contributed by atoms with Crippen LogP contribution < -0.4 is 0 Å². The molecule has 4 rings (SSSR count). The van der Waals surface area contributed by atoms with Crippen LogP contribution in [0.2, 0.25) is 0 Å². The zero-order valence-electron chi connectivity index (χ0n) is 28.6. The zero-order chi connectivity index (χ0) is 36.3. The van der Waals surface area contributed by atoms with Crippen molar-refractivity contribution in [3.63, 3.8) is 0 Å². The fourth-order valence-electron chi connectivity index (χ4n) is 5.97. The van der Waals surface area contributed by atoms with Gasteiger partial charge >= 0.3 is 10.1 Å². The number of hydrogen-bond acceptors (Lipinski definition) is 7. The maximum atomic E-state index is 15.2. The molecule has 3 aromatic carbocycles. The van der Waals surface area contributed by atoms with Crippen molar-refractivity contribution in [2.45, 2.75) is 125 Å². The molecule has 1 aliphatic heterocycles. The van der Waals surface area contributed by atoms with Gasteiger partial charge in [-0.3, -0.25) is 9.59 Å². The summed E-state index contributed by atoms with van der Waals surface area (Å²) >= 11 is 2.12. The summed E-state index contributed by atoms with van der Waals surface area (Å²) in [6.45, 7) is 4.30. The first-order chi connectivity index (χ1) is 24.0. The molecule has 0 unspecified atom stereocenters. The van der Waals surface area contributed by atoms with Crippen molar-refractivity contribution >= 4 is 56.2 Å². The van der Waals surface area contributed by atoms with Crippen LogP contribution in [0.1, 0.15) is 131 Å². The minimum Gasteiger partial charge on any atom is -0.266 e. The Morgan fingerprint density at radius 1 is 0.620 bits per heavy atom. The summed E-state index contributed by atoms with van der Waals surface area (Å²) in [4.78, 5) is 24.6. The molecule has 0 saturated heterocycles. The van der Waals surface area contributed by atoms with E-state index >= 15 is 17.6 Å². The average Bonchev–Trinajstić information content (AvgIpc) is 3.10. The number of hydroxylamine groups is 2. The van der Waals surface area contributed by atoms with Gasteiger partial charge in [0.15, 0.2) is 28.2 Å². The number of rotatable bonds is 22. The highest BCUT2D eigenvalue weighted by Gasteiger charge is 2.41. The normalized spacial score (nSPS) is 13.2. The molecular formula is C37H45F4NO5S3. The minimum absolute atomic E-state index is 0.0743. The molecule has 13 heteroatoms. The smallest absolute Gasteiger partial charge is 0.266 e. The van der Waals surface area contributed by atoms with E-state index in [1.165, 1.54) is 37.8 Å². The second-order valence-corrected chi connectivity index (χ2v) is 16.2. The predicted octanol–water partition coefficient (Wildman–Crippen LogP) is 11.4. The molecular weight excluding hydrogens is 711 g/mol. The van der Waals surface area contributed by atoms with Crippen LogP contribution in [0.25, 0.3) is 10.8 Å². The predicted molar refractivity (Wildman–Crippen MR) is 191 cm³/mol. The molecule has 2 amide bonds. The molecule has 0 bridgehead atoms. The maximum Gasteiger partial charge on any atom is 0.324 e. The lowest BCUT2D eigenvalue weighted by Crippen LogP contribution is -2.42. The van der Waals surface area contributed by atoms with Crippen LogP contribution in [0, 0.1) is 23.3 Å². The van der Waals surface area contributed by atoms with Crippen LogP contribution in [-0.2, 0) is 14.4 Å². The molecule has 0 saturated carbocycles. The van der Waals surface area contributed by atoms with Crippen molar-refractivity contribution in [1.29, 1.82) is 0 Å². The van der Waals surface area contributed by atoms with Crippen LogP contribution >= 0.6 is 23.5 Å². The van der Waals surface area contributed by atoms with E-state index in [2.05, 4.69) is 18.1 Å². The highest BCUT2D eigenvalue weighted by Crippen LogP contribution is 2.39. The van der Waals surface area contributed by atoms with Gasteiger partial charge in [-0.2, -0.15) is 8.42 Å². The number of halogens is 4. The van der Waals surface area contributed by atoms with Crippen molar-refractivity contribution < 1.29 is 39.9 Å². The van der Waals surface area contributed by atoms with Crippen molar-refractivity contribution in [3.05, 3.63) is 64.7 Å². The molecule has 1 heterocycles. The SMILES string of the molecule is CCCCCCCCCCCCSc1c(F)c(F)c(S(=O)(=O)ON2C(=O)c3cccc4c(SCCCCCCC)ccc(c34)C2=O)c(F)c1F. The van der Waals surface area contributed by atoms with E-state index in [-0.39, 0.29) is 27.3 Å². The van der Waals surface area contributed by atoms with Gasteiger partial charge in [-0.05, 0) is 47.9 Å². The van der Waals surface area contributed by atoms with Gasteiger partial charge in [-0.25, -0.2) is 17.6 Å². The minimum atomic E-state index is -5.76. The Morgan fingerprint density at radius 2 is 1.10 bits per heavy atom. The first-order valence-corrected chi connectivity index (χ1v) is 20.9. The molecule has 0 spiro atoms. The van der Waals surface area contributed by atoms with E-state index in [1.54, 1.807) is 30.0 Å². The number of thioether (sulfide) groups is 2. The lowest BCUT2D eigenvalue weighted by molar-refractivity contribution is -0.0159. The summed E-state index contributed by atoms with van der Waals surface area (Å²) in [6.07, 6.45) is 15.9. The summed E-state index contributed by atoms with van der Waals surface area (Å²) in [5, 5.41) is 0.749. The molecule has 0 N–H and O–H groups in total. The van der Waals surface area contributed by atoms with Crippen molar-refractivity contribution in [2.75, 3.05) is 11.5 Å². The Balaban J connectivity index is 1.44. The quantitative estimate of drug-likeness (QED) is 0.0332. The highest BCUT2D eigenvalue weighted by molar-refractivity contribution is 7.99. The van der Waals surface area contributed by atoms with Gasteiger partial charge in [0.1, 0.15) is 0 Å². The Kier molecular flexibility index (Phi) is 15.5. The summed E-state index contributed by atoms with van der Waals surface area (Å²) in [5.74, 6) is -9.64. The molecule has 0 aromatic heterocycles. The average molecular weight is 756 g/mol. The second-order valence-electron chi connectivity index (χ2n) is 12.5. The molecule has 0 atom stereocenters. The Hall–Kier alpha value is -2.61. The maximum absolute atomic E-state index is 15.2. The lowest BCUT2D eigenvalue weighted by Gasteiger charge is -2.26. The van der Waals surface area contributed by atoms with Gasteiger partial charge in [0.25, 0.3) is 11.8 Å². The van der Waals surface area contributed by atoms with Gasteiger partial charge in [-0.15, -0.1) is 32.9 Å². The summed E-state index contributed by atoms with van der Waals surface area (Å²) in [6, 6.07) is 7.76. The van der Waals surface area contributed by atoms with Crippen molar-refractivity contribution in [1.82, 2.24) is 5.06 Å². The monoisotopic (exact) mass is 755 g/mol. The van der Waals surface area contributed by atoms with Gasteiger partial charge < -0.3 is 0 Å². The standard InChI is InChI=1S/C37H45F4NO5S3/c1-3-5-7-9-10-11-12-13-15-17-24-49-34-30(38)32(40)35(33(41)31(34)39)50(45,46)47-42-36(43)26-20-18-19-25-28(48-23-16-14-8-6-4-2)22-21-27(29(25)26)37(42)44/h18-22H,3-17,23-24H2,1-2H3. The molecule has 0 fully saturated rings. The number of nitrogens with zero attached hydrogens (tertiary/aromatic N) is 1. The van der Waals surface area contributed by atoms with E-state index in [1.807, 2.05) is 0 Å². The molecule has 6 nitrogen and oxygen atoms in total. The van der Waals surface area contributed by atoms with Gasteiger partial charge in [-0.1, -0.05) is 109 Å². The van der Waals surface area contributed by atoms with Crippen LogP contribution in [0.5, 0.6) is 0 Å². The third-order valence-corrected chi connectivity index (χ3v) is 12.2. The van der Waals surface area contributed by atoms with Gasteiger partial charge in [0.2, 0.25) is 0 Å². The number of hydrogen-bond donors (Lipinski definition) is 0. The topological polar surface area (TPSA) is 80.8 Å². The highest BCUT2D eigenvalue weighted by atomic mass is 32.2. The third-order valence-electron chi connectivity index (χ3n) is 8.69. The Labute approximate surface area is 301 Å². The third kappa shape index (κ3) is 9.63. The number of carbonyl (C=O) groups is 2. The largest absolute Gasteiger partial charge is 0.324 e. The van der Waals surface area contributed by atoms with E-state index < -0.39 is 55.0 Å². The van der Waals surface area contributed by atoms with Crippen molar-refractivity contribution in [3.8, 4) is 0 Å². The fraction of sp³-hybridized carbons (Fsp3) is 0.514. The number of unbranched alkanes of at least 4 members (excludes halogenated alkanes) is 13. The summed E-state index contributed by atoms with van der Waals surface area (Å²) < 4.78 is 91.4. The fourth-order valence-corrected chi connectivity index (χ4v) is 9.03. The Morgan fingerprint density at radius 3 is 1.64 bits per heavy atom. The first-order valence-electron chi connectivity index (χ1n) is 17.6. The second kappa shape index (κ2) is 19.3. The molecule has 0 radical (unpaired) electrons. The van der Waals surface area contributed by atoms with Crippen molar-refractivity contribution in [2.24, 2.45) is 0 Å². The molecule has 3 aromatic rings. The molecule has 1 aliphatic rings. The van der Waals surface area contributed by atoms with Crippen LogP contribution in [0.3, 0.4) is 0 Å². The Bertz CT molecular complexity index is 1720. The summed E-state index contributed by atoms with van der Waals surface area (Å²) in [5.41, 5.74) is -0.149. The van der Waals surface area contributed by atoms with Crippen LogP contribution in [0.4, 0.5) is 17.6 Å². The van der Waals surface area contributed by atoms with E-state index in [0.717, 1.165) is 74.9 Å². The van der Waals surface area contributed by atoms with E-state index in [9.17, 15) is 18.0 Å². The van der Waals surface area contributed by atoms with Crippen LogP contribution in [0.15, 0.2) is 45.0 Å². The number of amides is 2. The summed E-state index contributed by atoms with van der Waals surface area (Å²) in [7, 11) is -5.76. The van der Waals surface area contributed by atoms with Gasteiger partial charge in [0.05, 0.1) is 16.0 Å². The van der Waals surface area contributed by atoms with E-state index in [0.29, 0.717) is 23.6 Å². The van der Waals surface area contributed by atoms with E-state index in [4.69, 9.17) is 0 Å². The molecule has 274 valence electrons. The number of carbonyl (C=O) groups excluding carboxylic acids is 2. The number of imide groups is 1. The molecule has 0 aliphatic carbocycles. The zero-order valence-corrected chi connectivity index (χ0v) is 31.1. The number of benzene rings is 3. The first kappa shape index (κ1) is 40.2. The lowest BCUT2D eigenvalue weighted by atomic mass is 9.95. The van der Waals surface area contributed by atoms with Gasteiger partial charge in [0, 0.05) is 10.3 Å². The molecule has 50 heavy (non-hydrogen) atoms. The van der Waals surface area contributed by atoms with Crippen LogP contribution in [-0.4, -0.2) is 36.8 Å².